The van der Waals surface area contributed by atoms with Crippen LogP contribution >= 0.6 is 11.6 Å². The predicted molar refractivity (Wildman–Crippen MR) is 78.1 cm³/mol. The highest BCUT2D eigenvalue weighted by Crippen LogP contribution is 2.30. The molecule has 0 aliphatic heterocycles. The Morgan fingerprint density at radius 3 is 2.62 bits per heavy atom. The number of nitrogens with one attached hydrogen (secondary N) is 1. The molecule has 2 rings (SSSR count). The highest BCUT2D eigenvalue weighted by Gasteiger charge is 2.20. The van der Waals surface area contributed by atoms with E-state index in [-0.39, 0.29) is 5.02 Å². The average molecular weight is 313 g/mol. The van der Waals surface area contributed by atoms with Gasteiger partial charge in [0.15, 0.2) is 0 Å². The maximum Gasteiger partial charge on any atom is 0.142 e. The summed E-state index contributed by atoms with van der Waals surface area (Å²) in [6.07, 6.45) is 0.294. The minimum absolute atomic E-state index is 0.0412. The molecule has 3 N–H and O–H groups in total. The Hall–Kier alpha value is -1.69. The minimum atomic E-state index is -0.554. The molecule has 2 aromatic carbocycles. The lowest BCUT2D eigenvalue weighted by molar-refractivity contribution is 0.390. The van der Waals surface area contributed by atoms with E-state index in [1.165, 1.54) is 25.3 Å². The first kappa shape index (κ1) is 15.7. The van der Waals surface area contributed by atoms with Crippen LogP contribution in [0.1, 0.15) is 17.2 Å². The SMILES string of the molecule is COc1cccc(F)c1C(Cc1ccc(Cl)c(F)c1)NN. The van der Waals surface area contributed by atoms with Gasteiger partial charge in [-0.25, -0.2) is 8.78 Å². The summed E-state index contributed by atoms with van der Waals surface area (Å²) in [6, 6.07) is 8.39. The first-order valence-corrected chi connectivity index (χ1v) is 6.67. The number of benzene rings is 2. The zero-order valence-electron chi connectivity index (χ0n) is 11.4. The number of hydrazine groups is 1. The lowest BCUT2D eigenvalue weighted by Crippen LogP contribution is -2.30. The molecule has 0 amide bonds. The molecule has 6 heteroatoms. The molecule has 0 saturated carbocycles. The van der Waals surface area contributed by atoms with Crippen molar-refractivity contribution < 1.29 is 13.5 Å². The maximum absolute atomic E-state index is 14.0. The second kappa shape index (κ2) is 6.85. The first-order valence-electron chi connectivity index (χ1n) is 6.29. The van der Waals surface area contributed by atoms with Gasteiger partial charge in [0.2, 0.25) is 0 Å². The molecule has 1 unspecified atom stereocenters. The van der Waals surface area contributed by atoms with Gasteiger partial charge >= 0.3 is 0 Å². The van der Waals surface area contributed by atoms with Gasteiger partial charge in [-0.05, 0) is 36.2 Å². The molecule has 1 atom stereocenters. The molecule has 0 spiro atoms. The summed E-state index contributed by atoms with van der Waals surface area (Å²) in [6.45, 7) is 0. The molecule has 0 heterocycles. The molecule has 2 aromatic rings. The van der Waals surface area contributed by atoms with Crippen LogP contribution in [0.2, 0.25) is 5.02 Å². The Morgan fingerprint density at radius 1 is 1.24 bits per heavy atom. The average Bonchev–Trinajstić information content (AvgIpc) is 2.48. The Balaban J connectivity index is 2.34. The Bertz CT molecular complexity index is 637. The smallest absolute Gasteiger partial charge is 0.142 e. The van der Waals surface area contributed by atoms with Crippen LogP contribution in [0.4, 0.5) is 8.78 Å². The molecule has 0 aromatic heterocycles. The highest BCUT2D eigenvalue weighted by molar-refractivity contribution is 6.30. The fraction of sp³-hybridized carbons (Fsp3) is 0.200. The van der Waals surface area contributed by atoms with Crippen LogP contribution in [0.5, 0.6) is 5.75 Å². The van der Waals surface area contributed by atoms with Crippen molar-refractivity contribution in [1.82, 2.24) is 5.43 Å². The van der Waals surface area contributed by atoms with Gasteiger partial charge in [0.25, 0.3) is 0 Å². The molecule has 0 bridgehead atoms. The molecule has 0 radical (unpaired) electrons. The summed E-state index contributed by atoms with van der Waals surface area (Å²) >= 11 is 5.65. The van der Waals surface area contributed by atoms with E-state index in [1.807, 2.05) is 0 Å². The maximum atomic E-state index is 14.0. The highest BCUT2D eigenvalue weighted by atomic mass is 35.5. The molecule has 0 saturated heterocycles. The van der Waals surface area contributed by atoms with Crippen molar-refractivity contribution >= 4 is 11.6 Å². The van der Waals surface area contributed by atoms with Crippen LogP contribution in [0, 0.1) is 11.6 Å². The number of ether oxygens (including phenoxy) is 1. The summed E-state index contributed by atoms with van der Waals surface area (Å²) in [5, 5.41) is 0.0412. The van der Waals surface area contributed by atoms with E-state index in [2.05, 4.69) is 5.43 Å². The summed E-state index contributed by atoms with van der Waals surface area (Å²) in [4.78, 5) is 0. The fourth-order valence-corrected chi connectivity index (χ4v) is 2.30. The van der Waals surface area contributed by atoms with E-state index in [0.29, 0.717) is 23.3 Å². The predicted octanol–water partition coefficient (Wildman–Crippen LogP) is 3.37. The molecule has 112 valence electrons. The Morgan fingerprint density at radius 2 is 2.00 bits per heavy atom. The van der Waals surface area contributed by atoms with Gasteiger partial charge < -0.3 is 4.74 Å². The zero-order valence-corrected chi connectivity index (χ0v) is 12.1. The lowest BCUT2D eigenvalue weighted by Gasteiger charge is -2.20. The van der Waals surface area contributed by atoms with Gasteiger partial charge in [-0.2, -0.15) is 0 Å². The molecule has 21 heavy (non-hydrogen) atoms. The van der Waals surface area contributed by atoms with E-state index in [1.54, 1.807) is 18.2 Å². The van der Waals surface area contributed by atoms with Crippen LogP contribution in [-0.2, 0) is 6.42 Å². The summed E-state index contributed by atoms with van der Waals surface area (Å²) in [5.41, 5.74) is 3.49. The third-order valence-corrected chi connectivity index (χ3v) is 3.51. The number of hydrogen-bond donors (Lipinski definition) is 2. The largest absolute Gasteiger partial charge is 0.496 e. The van der Waals surface area contributed by atoms with E-state index in [0.717, 1.165) is 0 Å². The number of halogens is 3. The molecular formula is C15H15ClF2N2O. The van der Waals surface area contributed by atoms with Crippen molar-refractivity contribution in [2.75, 3.05) is 7.11 Å². The molecule has 0 aliphatic rings. The fourth-order valence-electron chi connectivity index (χ4n) is 2.18. The van der Waals surface area contributed by atoms with Gasteiger partial charge in [-0.3, -0.25) is 11.3 Å². The van der Waals surface area contributed by atoms with Crippen LogP contribution < -0.4 is 16.0 Å². The van der Waals surface area contributed by atoms with Crippen molar-refractivity contribution in [3.8, 4) is 5.75 Å². The topological polar surface area (TPSA) is 47.3 Å². The summed E-state index contributed by atoms with van der Waals surface area (Å²) < 4.78 is 32.7. The van der Waals surface area contributed by atoms with Crippen LogP contribution in [-0.4, -0.2) is 7.11 Å². The molecule has 3 nitrogen and oxygen atoms in total. The van der Waals surface area contributed by atoms with Gasteiger partial charge in [-0.1, -0.05) is 23.7 Å². The number of hydrogen-bond acceptors (Lipinski definition) is 3. The summed E-state index contributed by atoms with van der Waals surface area (Å²) in [7, 11) is 1.45. The Labute approximate surface area is 126 Å². The van der Waals surface area contributed by atoms with Crippen molar-refractivity contribution in [2.45, 2.75) is 12.5 Å². The van der Waals surface area contributed by atoms with Gasteiger partial charge in [0.1, 0.15) is 17.4 Å². The zero-order chi connectivity index (χ0) is 15.4. The minimum Gasteiger partial charge on any atom is -0.496 e. The van der Waals surface area contributed by atoms with Gasteiger partial charge in [-0.15, -0.1) is 0 Å². The van der Waals surface area contributed by atoms with E-state index < -0.39 is 17.7 Å². The molecular weight excluding hydrogens is 298 g/mol. The van der Waals surface area contributed by atoms with Gasteiger partial charge in [0.05, 0.1) is 18.2 Å². The normalized spacial score (nSPS) is 12.2. The van der Waals surface area contributed by atoms with Crippen LogP contribution in [0.25, 0.3) is 0 Å². The number of rotatable bonds is 5. The van der Waals surface area contributed by atoms with Crippen LogP contribution in [0.3, 0.4) is 0 Å². The molecule has 0 aliphatic carbocycles. The van der Waals surface area contributed by atoms with Crippen molar-refractivity contribution in [2.24, 2.45) is 5.84 Å². The van der Waals surface area contributed by atoms with E-state index in [9.17, 15) is 8.78 Å². The third-order valence-electron chi connectivity index (χ3n) is 3.21. The second-order valence-electron chi connectivity index (χ2n) is 4.53. The number of nitrogens with two attached hydrogens (primary N) is 1. The van der Waals surface area contributed by atoms with E-state index in [4.69, 9.17) is 22.2 Å². The van der Waals surface area contributed by atoms with Crippen LogP contribution in [0.15, 0.2) is 36.4 Å². The number of methoxy groups -OCH3 is 1. The summed E-state index contributed by atoms with van der Waals surface area (Å²) in [5.74, 6) is 4.94. The van der Waals surface area contributed by atoms with Crippen molar-refractivity contribution in [3.63, 3.8) is 0 Å². The standard InChI is InChI=1S/C15H15ClF2N2O/c1-21-14-4-2-3-11(17)15(14)13(20-19)8-9-5-6-10(16)12(18)7-9/h2-7,13,20H,8,19H2,1H3. The lowest BCUT2D eigenvalue weighted by atomic mass is 9.98. The monoisotopic (exact) mass is 312 g/mol. The Kier molecular flexibility index (Phi) is 5.12. The third kappa shape index (κ3) is 3.50. The van der Waals surface area contributed by atoms with E-state index >= 15 is 0 Å². The first-order chi connectivity index (χ1) is 10.1. The van der Waals surface area contributed by atoms with Gasteiger partial charge in [0, 0.05) is 5.56 Å². The van der Waals surface area contributed by atoms with Crippen molar-refractivity contribution in [3.05, 3.63) is 64.2 Å². The quantitative estimate of drug-likeness (QED) is 0.657. The molecule has 0 fully saturated rings. The van der Waals surface area contributed by atoms with Crippen molar-refractivity contribution in [1.29, 1.82) is 0 Å². The second-order valence-corrected chi connectivity index (χ2v) is 4.93.